The summed E-state index contributed by atoms with van der Waals surface area (Å²) in [5, 5.41) is 4.13. The zero-order valence-corrected chi connectivity index (χ0v) is 17.5. The van der Waals surface area contributed by atoms with E-state index in [2.05, 4.69) is 5.32 Å². The van der Waals surface area contributed by atoms with Gasteiger partial charge in [-0.25, -0.2) is 0 Å². The Morgan fingerprint density at radius 3 is 2.68 bits per heavy atom. The summed E-state index contributed by atoms with van der Waals surface area (Å²) in [7, 11) is 0. The summed E-state index contributed by atoms with van der Waals surface area (Å²) in [6.07, 6.45) is 3.49. The first-order valence-electron chi connectivity index (χ1n) is 8.16. The van der Waals surface area contributed by atoms with Gasteiger partial charge in [0.25, 0.3) is 11.1 Å². The second kappa shape index (κ2) is 8.76. The van der Waals surface area contributed by atoms with Crippen LogP contribution in [0.4, 0.5) is 10.5 Å². The van der Waals surface area contributed by atoms with Gasteiger partial charge in [-0.1, -0.05) is 6.07 Å². The van der Waals surface area contributed by atoms with Gasteiger partial charge in [0.15, 0.2) is 5.78 Å². The molecule has 0 saturated carbocycles. The van der Waals surface area contributed by atoms with E-state index < -0.39 is 11.1 Å². The molecule has 0 radical (unpaired) electrons. The number of hydrogen-bond acceptors (Lipinski definition) is 7. The van der Waals surface area contributed by atoms with E-state index in [1.54, 1.807) is 24.3 Å². The lowest BCUT2D eigenvalue weighted by molar-refractivity contribution is -0.122. The highest BCUT2D eigenvalue weighted by molar-refractivity contribution is 8.18. The molecule has 1 saturated heterocycles. The third-order valence-corrected chi connectivity index (χ3v) is 6.33. The van der Waals surface area contributed by atoms with Gasteiger partial charge in [-0.05, 0) is 53.7 Å². The molecule has 1 aromatic heterocycles. The Bertz CT molecular complexity index is 983. The van der Waals surface area contributed by atoms with E-state index >= 15 is 0 Å². The van der Waals surface area contributed by atoms with Gasteiger partial charge in [0.2, 0.25) is 5.91 Å². The van der Waals surface area contributed by atoms with Crippen LogP contribution in [0.3, 0.4) is 0 Å². The molecule has 3 rings (SSSR count). The van der Waals surface area contributed by atoms with E-state index in [9.17, 15) is 19.2 Å². The van der Waals surface area contributed by atoms with Crippen molar-refractivity contribution in [1.82, 2.24) is 4.90 Å². The first-order chi connectivity index (χ1) is 13.4. The molecule has 0 bridgehead atoms. The van der Waals surface area contributed by atoms with E-state index in [0.717, 1.165) is 26.4 Å². The molecular weight excluding hydrogens is 416 g/mol. The summed E-state index contributed by atoms with van der Waals surface area (Å²) >= 11 is 3.69. The van der Waals surface area contributed by atoms with E-state index in [-0.39, 0.29) is 18.2 Å². The molecule has 6 nitrogen and oxygen atoms in total. The number of carbonyl (C=O) groups is 4. The maximum atomic E-state index is 12.6. The monoisotopic (exact) mass is 432 g/mol. The normalized spacial score (nSPS) is 15.4. The SMILES string of the molecule is CSc1cc(C(=O)CN2C(=O)SC(=Cc3cccs3)C2=O)ccc1NC(C)=O. The summed E-state index contributed by atoms with van der Waals surface area (Å²) in [4.78, 5) is 51.5. The maximum absolute atomic E-state index is 12.6. The number of thiophene rings is 1. The number of benzene rings is 1. The molecular formula is C19H16N2O4S3. The van der Waals surface area contributed by atoms with Gasteiger partial charge in [0.05, 0.1) is 17.1 Å². The van der Waals surface area contributed by atoms with E-state index in [1.807, 2.05) is 23.8 Å². The average Bonchev–Trinajstić information content (AvgIpc) is 3.25. The molecule has 1 aliphatic rings. The lowest BCUT2D eigenvalue weighted by Gasteiger charge is -2.13. The quantitative estimate of drug-likeness (QED) is 0.415. The number of imide groups is 1. The van der Waals surface area contributed by atoms with E-state index in [0.29, 0.717) is 16.2 Å². The lowest BCUT2D eigenvalue weighted by Crippen LogP contribution is -2.33. The average molecular weight is 433 g/mol. The van der Waals surface area contributed by atoms with Crippen LogP contribution in [0.2, 0.25) is 0 Å². The fourth-order valence-electron chi connectivity index (χ4n) is 2.53. The molecule has 28 heavy (non-hydrogen) atoms. The van der Waals surface area contributed by atoms with Crippen LogP contribution < -0.4 is 5.32 Å². The van der Waals surface area contributed by atoms with Crippen molar-refractivity contribution in [3.05, 3.63) is 51.1 Å². The maximum Gasteiger partial charge on any atom is 0.293 e. The van der Waals surface area contributed by atoms with Gasteiger partial charge in [-0.3, -0.25) is 24.1 Å². The molecule has 0 spiro atoms. The Labute approximate surface area is 174 Å². The van der Waals surface area contributed by atoms with Crippen LogP contribution in [-0.4, -0.2) is 40.5 Å². The van der Waals surface area contributed by atoms with Crippen molar-refractivity contribution < 1.29 is 19.2 Å². The van der Waals surface area contributed by atoms with Crippen LogP contribution in [0.25, 0.3) is 6.08 Å². The Morgan fingerprint density at radius 1 is 1.25 bits per heavy atom. The molecule has 2 aromatic rings. The highest BCUT2D eigenvalue weighted by Crippen LogP contribution is 2.33. The highest BCUT2D eigenvalue weighted by Gasteiger charge is 2.36. The lowest BCUT2D eigenvalue weighted by atomic mass is 10.1. The molecule has 144 valence electrons. The van der Waals surface area contributed by atoms with Crippen molar-refractivity contribution in [2.45, 2.75) is 11.8 Å². The van der Waals surface area contributed by atoms with Gasteiger partial charge in [0, 0.05) is 22.3 Å². The Hall–Kier alpha value is -2.36. The smallest absolute Gasteiger partial charge is 0.293 e. The van der Waals surface area contributed by atoms with Crippen molar-refractivity contribution >= 4 is 69.5 Å². The Balaban J connectivity index is 1.76. The summed E-state index contributed by atoms with van der Waals surface area (Å²) in [6.45, 7) is 1.09. The predicted molar refractivity (Wildman–Crippen MR) is 114 cm³/mol. The van der Waals surface area contributed by atoms with Crippen LogP contribution in [0, 0.1) is 0 Å². The number of carbonyl (C=O) groups excluding carboxylic acids is 4. The van der Waals surface area contributed by atoms with Crippen molar-refractivity contribution in [3.8, 4) is 0 Å². The summed E-state index contributed by atoms with van der Waals surface area (Å²) < 4.78 is 0. The zero-order valence-electron chi connectivity index (χ0n) is 15.1. The Kier molecular flexibility index (Phi) is 6.38. The van der Waals surface area contributed by atoms with Gasteiger partial charge in [-0.2, -0.15) is 0 Å². The summed E-state index contributed by atoms with van der Waals surface area (Å²) in [5.74, 6) is -1.01. The molecule has 1 aliphatic heterocycles. The molecule has 1 fully saturated rings. The molecule has 0 aliphatic carbocycles. The van der Waals surface area contributed by atoms with Crippen LogP contribution in [0.15, 0.2) is 45.5 Å². The number of nitrogens with zero attached hydrogens (tertiary/aromatic N) is 1. The highest BCUT2D eigenvalue weighted by atomic mass is 32.2. The summed E-state index contributed by atoms with van der Waals surface area (Å²) in [5.41, 5.74) is 0.987. The number of Topliss-reactive ketones (excluding diaryl/α,β-unsaturated/α-hetero) is 1. The number of nitrogens with one attached hydrogen (secondary N) is 1. The van der Waals surface area contributed by atoms with Crippen LogP contribution in [0.5, 0.6) is 0 Å². The number of rotatable bonds is 6. The zero-order chi connectivity index (χ0) is 20.3. The molecule has 2 heterocycles. The third-order valence-electron chi connectivity index (χ3n) is 3.83. The van der Waals surface area contributed by atoms with Crippen LogP contribution in [0.1, 0.15) is 22.2 Å². The first-order valence-corrected chi connectivity index (χ1v) is 11.1. The molecule has 0 unspecified atom stereocenters. The minimum Gasteiger partial charge on any atom is -0.325 e. The Morgan fingerprint density at radius 2 is 2.04 bits per heavy atom. The predicted octanol–water partition coefficient (Wildman–Crippen LogP) is 4.35. The number of anilines is 1. The van der Waals surface area contributed by atoms with Gasteiger partial charge in [0.1, 0.15) is 0 Å². The first kappa shape index (κ1) is 20.4. The molecule has 1 N–H and O–H groups in total. The number of amides is 3. The second-order valence-electron chi connectivity index (χ2n) is 5.80. The molecule has 0 atom stereocenters. The minimum atomic E-state index is -0.461. The molecule has 3 amide bonds. The van der Waals surface area contributed by atoms with Crippen molar-refractivity contribution in [2.75, 3.05) is 18.1 Å². The van der Waals surface area contributed by atoms with Crippen molar-refractivity contribution in [3.63, 3.8) is 0 Å². The standard InChI is InChI=1S/C19H16N2O4S3/c1-11(22)20-14-6-5-12(8-16(14)26-2)15(23)10-21-18(24)17(28-19(21)25)9-13-4-3-7-27-13/h3-9H,10H2,1-2H3,(H,20,22). The fraction of sp³-hybridized carbons (Fsp3) is 0.158. The van der Waals surface area contributed by atoms with Crippen molar-refractivity contribution in [1.29, 1.82) is 0 Å². The third kappa shape index (κ3) is 4.54. The number of thioether (sulfide) groups is 2. The molecule has 9 heteroatoms. The molecule has 1 aromatic carbocycles. The van der Waals surface area contributed by atoms with Crippen LogP contribution in [-0.2, 0) is 9.59 Å². The summed E-state index contributed by atoms with van der Waals surface area (Å²) in [6, 6.07) is 8.58. The van der Waals surface area contributed by atoms with Gasteiger partial charge < -0.3 is 5.32 Å². The topological polar surface area (TPSA) is 83.6 Å². The van der Waals surface area contributed by atoms with Gasteiger partial charge >= 0.3 is 0 Å². The van der Waals surface area contributed by atoms with E-state index in [4.69, 9.17) is 0 Å². The van der Waals surface area contributed by atoms with Gasteiger partial charge in [-0.15, -0.1) is 23.1 Å². The number of hydrogen-bond donors (Lipinski definition) is 1. The van der Waals surface area contributed by atoms with E-state index in [1.165, 1.54) is 30.0 Å². The fourth-order valence-corrected chi connectivity index (χ4v) is 4.68. The largest absolute Gasteiger partial charge is 0.325 e. The number of ketones is 1. The van der Waals surface area contributed by atoms with Crippen LogP contribution >= 0.6 is 34.9 Å². The second-order valence-corrected chi connectivity index (χ2v) is 8.62. The minimum absolute atomic E-state index is 0.204. The van der Waals surface area contributed by atoms with Crippen molar-refractivity contribution in [2.24, 2.45) is 0 Å².